The van der Waals surface area contributed by atoms with E-state index in [0.717, 1.165) is 17.7 Å². The standard InChI is InChI=1S/C19H17F7O2/c1-2-15(13-6-4-3-5-7-13)27-11-12-8-9-16(14(20)10-12)28-19(25,26)17(21)18(22,23)24/h3-10,15,17H,2,11H2,1H3. The lowest BCUT2D eigenvalue weighted by Gasteiger charge is -2.23. The number of ether oxygens (including phenoxy) is 2. The lowest BCUT2D eigenvalue weighted by molar-refractivity contribution is -0.305. The first kappa shape index (κ1) is 22.0. The summed E-state index contributed by atoms with van der Waals surface area (Å²) >= 11 is 0. The van der Waals surface area contributed by atoms with E-state index < -0.39 is 30.0 Å². The van der Waals surface area contributed by atoms with E-state index in [2.05, 4.69) is 4.74 Å². The average Bonchev–Trinajstić information content (AvgIpc) is 2.64. The van der Waals surface area contributed by atoms with Gasteiger partial charge in [0.15, 0.2) is 11.6 Å². The number of hydrogen-bond acceptors (Lipinski definition) is 2. The maximum Gasteiger partial charge on any atom is 0.439 e. The van der Waals surface area contributed by atoms with Gasteiger partial charge in [0.05, 0.1) is 12.7 Å². The lowest BCUT2D eigenvalue weighted by Crippen LogP contribution is -2.45. The van der Waals surface area contributed by atoms with E-state index in [1.54, 1.807) is 0 Å². The Morgan fingerprint density at radius 3 is 2.14 bits per heavy atom. The van der Waals surface area contributed by atoms with Gasteiger partial charge < -0.3 is 9.47 Å². The summed E-state index contributed by atoms with van der Waals surface area (Å²) in [5, 5.41) is 0. The number of alkyl halides is 6. The molecule has 28 heavy (non-hydrogen) atoms. The van der Waals surface area contributed by atoms with Crippen LogP contribution in [0, 0.1) is 5.82 Å². The summed E-state index contributed by atoms with van der Waals surface area (Å²) < 4.78 is 99.0. The molecule has 0 aliphatic carbocycles. The first-order valence-electron chi connectivity index (χ1n) is 8.27. The van der Waals surface area contributed by atoms with E-state index in [9.17, 15) is 30.7 Å². The molecule has 0 radical (unpaired) electrons. The molecule has 0 N–H and O–H groups in total. The summed E-state index contributed by atoms with van der Waals surface area (Å²) in [6.07, 6.45) is -15.4. The maximum absolute atomic E-state index is 14.0. The monoisotopic (exact) mass is 410 g/mol. The van der Waals surface area contributed by atoms with Gasteiger partial charge in [0.25, 0.3) is 6.17 Å². The second-order valence-electron chi connectivity index (χ2n) is 5.95. The summed E-state index contributed by atoms with van der Waals surface area (Å²) in [6.45, 7) is 1.81. The summed E-state index contributed by atoms with van der Waals surface area (Å²) in [7, 11) is 0. The Bertz CT molecular complexity index is 763. The predicted molar refractivity (Wildman–Crippen MR) is 87.2 cm³/mol. The fraction of sp³-hybridized carbons (Fsp3) is 0.368. The first-order valence-corrected chi connectivity index (χ1v) is 8.27. The Hall–Kier alpha value is -2.29. The molecule has 2 aromatic rings. The Morgan fingerprint density at radius 2 is 1.61 bits per heavy atom. The van der Waals surface area contributed by atoms with Crippen LogP contribution in [0.1, 0.15) is 30.6 Å². The third-order valence-corrected chi connectivity index (χ3v) is 3.82. The number of rotatable bonds is 8. The summed E-state index contributed by atoms with van der Waals surface area (Å²) in [6, 6.07) is 11.8. The molecule has 0 aliphatic rings. The van der Waals surface area contributed by atoms with Crippen molar-refractivity contribution in [1.82, 2.24) is 0 Å². The van der Waals surface area contributed by atoms with Crippen LogP contribution in [0.4, 0.5) is 30.7 Å². The van der Waals surface area contributed by atoms with Gasteiger partial charge in [0.1, 0.15) is 0 Å². The molecule has 154 valence electrons. The third-order valence-electron chi connectivity index (χ3n) is 3.82. The zero-order valence-corrected chi connectivity index (χ0v) is 14.6. The van der Waals surface area contributed by atoms with Crippen molar-refractivity contribution in [1.29, 1.82) is 0 Å². The first-order chi connectivity index (χ1) is 13.0. The third kappa shape index (κ3) is 5.60. The molecule has 0 aromatic heterocycles. The molecule has 0 aliphatic heterocycles. The van der Waals surface area contributed by atoms with Crippen molar-refractivity contribution >= 4 is 0 Å². The van der Waals surface area contributed by atoms with Crippen LogP contribution in [-0.4, -0.2) is 18.5 Å². The van der Waals surface area contributed by atoms with Crippen LogP contribution in [-0.2, 0) is 11.3 Å². The second kappa shape index (κ2) is 8.81. The van der Waals surface area contributed by atoms with Crippen LogP contribution in [0.2, 0.25) is 0 Å². The Labute approximate surface area is 156 Å². The van der Waals surface area contributed by atoms with Crippen LogP contribution >= 0.6 is 0 Å². The van der Waals surface area contributed by atoms with Crippen molar-refractivity contribution in [2.45, 2.75) is 44.5 Å². The van der Waals surface area contributed by atoms with Gasteiger partial charge in [0, 0.05) is 0 Å². The van der Waals surface area contributed by atoms with Crippen LogP contribution in [0.25, 0.3) is 0 Å². The maximum atomic E-state index is 14.0. The zero-order chi connectivity index (χ0) is 20.9. The lowest BCUT2D eigenvalue weighted by atomic mass is 10.1. The van der Waals surface area contributed by atoms with Gasteiger partial charge >= 0.3 is 12.3 Å². The highest BCUT2D eigenvalue weighted by atomic mass is 19.4. The molecular weight excluding hydrogens is 393 g/mol. The minimum atomic E-state index is -5.85. The van der Waals surface area contributed by atoms with E-state index in [1.807, 2.05) is 37.3 Å². The van der Waals surface area contributed by atoms with E-state index >= 15 is 0 Å². The molecule has 0 fully saturated rings. The molecule has 0 amide bonds. The molecule has 2 nitrogen and oxygen atoms in total. The van der Waals surface area contributed by atoms with Crippen molar-refractivity contribution < 1.29 is 40.2 Å². The van der Waals surface area contributed by atoms with Crippen molar-refractivity contribution in [2.24, 2.45) is 0 Å². The van der Waals surface area contributed by atoms with Crippen LogP contribution in [0.15, 0.2) is 48.5 Å². The molecule has 2 aromatic carbocycles. The van der Waals surface area contributed by atoms with Gasteiger partial charge in [0.2, 0.25) is 0 Å². The van der Waals surface area contributed by atoms with E-state index in [4.69, 9.17) is 4.74 Å². The van der Waals surface area contributed by atoms with Crippen LogP contribution < -0.4 is 4.74 Å². The molecule has 0 bridgehead atoms. The minimum absolute atomic E-state index is 0.0741. The Kier molecular flexibility index (Phi) is 6.92. The molecule has 2 atom stereocenters. The SMILES string of the molecule is CCC(OCc1ccc(OC(F)(F)C(F)C(F)(F)F)c(F)c1)c1ccccc1. The molecule has 2 unspecified atom stereocenters. The van der Waals surface area contributed by atoms with Crippen molar-refractivity contribution in [2.75, 3.05) is 0 Å². The fourth-order valence-corrected chi connectivity index (χ4v) is 2.42. The van der Waals surface area contributed by atoms with Gasteiger partial charge in [-0.1, -0.05) is 43.3 Å². The molecule has 0 saturated heterocycles. The molecule has 0 heterocycles. The average molecular weight is 410 g/mol. The number of hydrogen-bond donors (Lipinski definition) is 0. The zero-order valence-electron chi connectivity index (χ0n) is 14.6. The molecular formula is C19H17F7O2. The van der Waals surface area contributed by atoms with E-state index in [-0.39, 0.29) is 18.3 Å². The molecule has 0 saturated carbocycles. The minimum Gasteiger partial charge on any atom is -0.427 e. The molecule has 0 spiro atoms. The van der Waals surface area contributed by atoms with E-state index in [0.29, 0.717) is 12.5 Å². The van der Waals surface area contributed by atoms with Gasteiger partial charge in [-0.15, -0.1) is 0 Å². The normalized spacial score (nSPS) is 14.6. The fourth-order valence-electron chi connectivity index (χ4n) is 2.42. The van der Waals surface area contributed by atoms with Gasteiger partial charge in [-0.2, -0.15) is 22.0 Å². The van der Waals surface area contributed by atoms with Crippen molar-refractivity contribution in [3.8, 4) is 5.75 Å². The quantitative estimate of drug-likeness (QED) is 0.471. The highest BCUT2D eigenvalue weighted by Gasteiger charge is 2.59. The van der Waals surface area contributed by atoms with Crippen LogP contribution in [0.3, 0.4) is 0 Å². The van der Waals surface area contributed by atoms with Gasteiger partial charge in [-0.3, -0.25) is 0 Å². The molecule has 9 heteroatoms. The summed E-state index contributed by atoms with van der Waals surface area (Å²) in [5.74, 6) is -2.56. The highest BCUT2D eigenvalue weighted by Crippen LogP contribution is 2.37. The van der Waals surface area contributed by atoms with Crippen molar-refractivity contribution in [3.63, 3.8) is 0 Å². The topological polar surface area (TPSA) is 18.5 Å². The van der Waals surface area contributed by atoms with Gasteiger partial charge in [-0.25, -0.2) is 8.78 Å². The number of benzene rings is 2. The van der Waals surface area contributed by atoms with Gasteiger partial charge in [-0.05, 0) is 29.7 Å². The predicted octanol–water partition coefficient (Wildman–Crippen LogP) is 6.37. The van der Waals surface area contributed by atoms with Crippen molar-refractivity contribution in [3.05, 3.63) is 65.5 Å². The highest BCUT2D eigenvalue weighted by molar-refractivity contribution is 5.29. The van der Waals surface area contributed by atoms with E-state index in [1.165, 1.54) is 0 Å². The summed E-state index contributed by atoms with van der Waals surface area (Å²) in [5.41, 5.74) is 1.14. The number of halogens is 7. The Balaban J connectivity index is 2.06. The largest absolute Gasteiger partial charge is 0.439 e. The molecule has 2 rings (SSSR count). The van der Waals surface area contributed by atoms with Crippen LogP contribution in [0.5, 0.6) is 5.75 Å². The second-order valence-corrected chi connectivity index (χ2v) is 5.95. The summed E-state index contributed by atoms with van der Waals surface area (Å²) in [4.78, 5) is 0. The smallest absolute Gasteiger partial charge is 0.427 e. The Morgan fingerprint density at radius 1 is 0.964 bits per heavy atom.